The van der Waals surface area contributed by atoms with Gasteiger partial charge in [0.25, 0.3) is 0 Å². The quantitative estimate of drug-likeness (QED) is 0.598. The first-order valence-electron chi connectivity index (χ1n) is 4.65. The Morgan fingerprint density at radius 1 is 1.12 bits per heavy atom. The second kappa shape index (κ2) is 4.85. The van der Waals surface area contributed by atoms with E-state index in [9.17, 15) is 4.79 Å². The number of aromatic nitrogens is 3. The molecule has 2 heterocycles. The summed E-state index contributed by atoms with van der Waals surface area (Å²) in [6.07, 6.45) is 5.82. The molecule has 0 saturated carbocycles. The van der Waals surface area contributed by atoms with Crippen molar-refractivity contribution in [3.8, 4) is 0 Å². The Morgan fingerprint density at radius 3 is 2.44 bits per heavy atom. The summed E-state index contributed by atoms with van der Waals surface area (Å²) in [5, 5.41) is 1.42. The normalized spacial score (nSPS) is 10.1. The third kappa shape index (κ3) is 2.64. The lowest BCUT2D eigenvalue weighted by atomic mass is 10.3. The molecule has 0 aliphatic carbocycles. The van der Waals surface area contributed by atoms with Crippen molar-refractivity contribution in [2.24, 2.45) is 0 Å². The third-order valence-corrected chi connectivity index (χ3v) is 2.69. The summed E-state index contributed by atoms with van der Waals surface area (Å²) in [4.78, 5) is 22.9. The Hall–Kier alpha value is -1.75. The molecule has 0 fully saturated rings. The minimum absolute atomic E-state index is 0.564. The predicted octanol–water partition coefficient (Wildman–Crippen LogP) is 2.14. The zero-order valence-corrected chi connectivity index (χ0v) is 9.44. The molecule has 0 aliphatic rings. The smallest absolute Gasteiger partial charge is 0.193 e. The molecule has 0 spiro atoms. The number of carbonyl (C=O) groups excluding carboxylic acids is 1. The average molecular weight is 231 g/mol. The van der Waals surface area contributed by atoms with Crippen LogP contribution >= 0.6 is 11.8 Å². The van der Waals surface area contributed by atoms with E-state index in [4.69, 9.17) is 0 Å². The van der Waals surface area contributed by atoms with Gasteiger partial charge in [0.05, 0.1) is 0 Å². The van der Waals surface area contributed by atoms with Gasteiger partial charge < -0.3 is 0 Å². The van der Waals surface area contributed by atoms with Crippen molar-refractivity contribution in [1.82, 2.24) is 15.0 Å². The highest BCUT2D eigenvalue weighted by atomic mass is 32.2. The van der Waals surface area contributed by atoms with Crippen molar-refractivity contribution in [1.29, 1.82) is 0 Å². The Morgan fingerprint density at radius 2 is 1.88 bits per heavy atom. The minimum atomic E-state index is 0.564. The van der Waals surface area contributed by atoms with E-state index in [2.05, 4.69) is 15.0 Å². The molecule has 16 heavy (non-hydrogen) atoms. The van der Waals surface area contributed by atoms with Gasteiger partial charge in [0.1, 0.15) is 5.03 Å². The lowest BCUT2D eigenvalue weighted by Gasteiger charge is -1.99. The van der Waals surface area contributed by atoms with Crippen molar-refractivity contribution >= 4 is 18.0 Å². The molecule has 0 bridgehead atoms. The van der Waals surface area contributed by atoms with Crippen LogP contribution in [0.1, 0.15) is 15.9 Å². The molecule has 0 saturated heterocycles. The van der Waals surface area contributed by atoms with Crippen LogP contribution in [0, 0.1) is 6.92 Å². The molecule has 4 nitrogen and oxygen atoms in total. The maximum absolute atomic E-state index is 10.4. The van der Waals surface area contributed by atoms with Crippen molar-refractivity contribution in [2.45, 2.75) is 17.1 Å². The molecule has 0 amide bonds. The highest BCUT2D eigenvalue weighted by molar-refractivity contribution is 7.99. The van der Waals surface area contributed by atoms with Gasteiger partial charge in [-0.05, 0) is 36.4 Å². The first kappa shape index (κ1) is 10.8. The summed E-state index contributed by atoms with van der Waals surface area (Å²) in [6.45, 7) is 1.94. The van der Waals surface area contributed by atoms with Gasteiger partial charge in [-0.2, -0.15) is 0 Å². The van der Waals surface area contributed by atoms with Crippen LogP contribution in [-0.2, 0) is 0 Å². The van der Waals surface area contributed by atoms with E-state index in [1.807, 2.05) is 6.92 Å². The van der Waals surface area contributed by atoms with Gasteiger partial charge in [-0.1, -0.05) is 0 Å². The Kier molecular flexibility index (Phi) is 3.26. The lowest BCUT2D eigenvalue weighted by Crippen LogP contribution is -1.88. The third-order valence-electron chi connectivity index (χ3n) is 1.85. The molecule has 2 aromatic heterocycles. The highest BCUT2D eigenvalue weighted by Crippen LogP contribution is 2.21. The van der Waals surface area contributed by atoms with Crippen LogP contribution in [0.3, 0.4) is 0 Å². The monoisotopic (exact) mass is 231 g/mol. The van der Waals surface area contributed by atoms with Gasteiger partial charge in [0, 0.05) is 24.2 Å². The highest BCUT2D eigenvalue weighted by Gasteiger charge is 2.01. The van der Waals surface area contributed by atoms with E-state index in [0.717, 1.165) is 16.9 Å². The van der Waals surface area contributed by atoms with Crippen LogP contribution in [0.2, 0.25) is 0 Å². The number of hydrogen-bond donors (Lipinski definition) is 0. The number of carbonyl (C=O) groups is 1. The topological polar surface area (TPSA) is 55.7 Å². The molecule has 2 aromatic rings. The number of rotatable bonds is 3. The van der Waals surface area contributed by atoms with Crippen LogP contribution in [-0.4, -0.2) is 21.2 Å². The molecule has 0 N–H and O–H groups in total. The van der Waals surface area contributed by atoms with Crippen LogP contribution in [0.25, 0.3) is 0 Å². The van der Waals surface area contributed by atoms with E-state index in [1.165, 1.54) is 18.0 Å². The molecule has 5 heteroatoms. The van der Waals surface area contributed by atoms with Gasteiger partial charge in [0.15, 0.2) is 11.4 Å². The number of aryl methyl sites for hydroxylation is 1. The number of hydrogen-bond acceptors (Lipinski definition) is 5. The first-order chi connectivity index (χ1) is 7.78. The molecule has 80 valence electrons. The first-order valence-corrected chi connectivity index (χ1v) is 5.47. The van der Waals surface area contributed by atoms with Gasteiger partial charge in [-0.3, -0.25) is 4.79 Å². The van der Waals surface area contributed by atoms with Crippen molar-refractivity contribution in [3.63, 3.8) is 0 Å². The van der Waals surface area contributed by atoms with Crippen LogP contribution in [0.15, 0.2) is 40.9 Å². The Labute approximate surface area is 97.2 Å². The molecular formula is C11H9N3OS. The summed E-state index contributed by atoms with van der Waals surface area (Å²) in [7, 11) is 0. The zero-order valence-electron chi connectivity index (χ0n) is 8.62. The van der Waals surface area contributed by atoms with E-state index >= 15 is 0 Å². The SMILES string of the molecule is Cc1cnc(Sc2ccc(C=O)cn2)nc1. The predicted molar refractivity (Wildman–Crippen MR) is 60.5 cm³/mol. The van der Waals surface area contributed by atoms with E-state index < -0.39 is 0 Å². The largest absolute Gasteiger partial charge is 0.298 e. The summed E-state index contributed by atoms with van der Waals surface area (Å²) in [6, 6.07) is 3.49. The molecule has 0 atom stereocenters. The number of aldehydes is 1. The number of nitrogens with zero attached hydrogens (tertiary/aromatic N) is 3. The second-order valence-electron chi connectivity index (χ2n) is 3.19. The Bertz CT molecular complexity index is 482. The van der Waals surface area contributed by atoms with Crippen molar-refractivity contribution in [3.05, 3.63) is 41.9 Å². The average Bonchev–Trinajstić information content (AvgIpc) is 2.33. The van der Waals surface area contributed by atoms with Gasteiger partial charge in [-0.15, -0.1) is 0 Å². The maximum atomic E-state index is 10.4. The van der Waals surface area contributed by atoms with Crippen LogP contribution in [0.4, 0.5) is 0 Å². The lowest BCUT2D eigenvalue weighted by molar-refractivity contribution is 0.112. The fourth-order valence-electron chi connectivity index (χ4n) is 1.05. The molecule has 0 aromatic carbocycles. The van der Waals surface area contributed by atoms with E-state index in [1.54, 1.807) is 24.5 Å². The van der Waals surface area contributed by atoms with Crippen molar-refractivity contribution in [2.75, 3.05) is 0 Å². The van der Waals surface area contributed by atoms with Gasteiger partial charge >= 0.3 is 0 Å². The Balaban J connectivity index is 2.14. The summed E-state index contributed by atoms with van der Waals surface area (Å²) < 4.78 is 0. The fraction of sp³-hybridized carbons (Fsp3) is 0.0909. The van der Waals surface area contributed by atoms with Crippen molar-refractivity contribution < 1.29 is 4.79 Å². The second-order valence-corrected chi connectivity index (χ2v) is 4.18. The van der Waals surface area contributed by atoms with E-state index in [0.29, 0.717) is 10.7 Å². The standard InChI is InChI=1S/C11H9N3OS/c1-8-4-13-11(14-5-8)16-10-3-2-9(7-15)6-12-10/h2-7H,1H3. The summed E-state index contributed by atoms with van der Waals surface area (Å²) >= 11 is 1.37. The van der Waals surface area contributed by atoms with E-state index in [-0.39, 0.29) is 0 Å². The summed E-state index contributed by atoms with van der Waals surface area (Å²) in [5.74, 6) is 0. The molecule has 0 aliphatic heterocycles. The summed E-state index contributed by atoms with van der Waals surface area (Å²) in [5.41, 5.74) is 1.59. The van der Waals surface area contributed by atoms with Gasteiger partial charge in [0.2, 0.25) is 0 Å². The fourth-order valence-corrected chi connectivity index (χ4v) is 1.69. The van der Waals surface area contributed by atoms with Crippen LogP contribution < -0.4 is 0 Å². The zero-order chi connectivity index (χ0) is 11.4. The van der Waals surface area contributed by atoms with Crippen LogP contribution in [0.5, 0.6) is 0 Å². The molecule has 0 unspecified atom stereocenters. The molecule has 0 radical (unpaired) electrons. The maximum Gasteiger partial charge on any atom is 0.193 e. The minimum Gasteiger partial charge on any atom is -0.298 e. The molecule has 2 rings (SSSR count). The molecular weight excluding hydrogens is 222 g/mol. The van der Waals surface area contributed by atoms with Gasteiger partial charge in [-0.25, -0.2) is 15.0 Å². The number of pyridine rings is 1.